The van der Waals surface area contributed by atoms with Crippen LogP contribution >= 0.6 is 0 Å². The molecule has 0 saturated heterocycles. The van der Waals surface area contributed by atoms with Crippen molar-refractivity contribution in [3.05, 3.63) is 35.4 Å². The van der Waals surface area contributed by atoms with E-state index in [4.69, 9.17) is 0 Å². The molecule has 0 aliphatic heterocycles. The summed E-state index contributed by atoms with van der Waals surface area (Å²) in [6.45, 7) is 1.00. The zero-order valence-electron chi connectivity index (χ0n) is 10.3. The van der Waals surface area contributed by atoms with Crippen molar-refractivity contribution in [2.75, 3.05) is 13.1 Å². The smallest absolute Gasteiger partial charge is 0.131 e. The molecule has 1 fully saturated rings. The second-order valence-electron chi connectivity index (χ2n) is 4.96. The van der Waals surface area contributed by atoms with E-state index in [0.29, 0.717) is 5.92 Å². The van der Waals surface area contributed by atoms with Gasteiger partial charge in [0.05, 0.1) is 11.7 Å². The summed E-state index contributed by atoms with van der Waals surface area (Å²) in [5.41, 5.74) is -0.239. The maximum atomic E-state index is 13.4. The standard InChI is InChI=1S/C14H19F2NO/c15-11-6-3-7-12(16)14(11)13(18)9-17-8-10-4-1-2-5-10/h3,6-7,10,13,17-18H,1-2,4-5,8-9H2. The summed E-state index contributed by atoms with van der Waals surface area (Å²) in [5.74, 6) is -0.738. The Labute approximate surface area is 106 Å². The van der Waals surface area contributed by atoms with E-state index < -0.39 is 17.7 Å². The number of nitrogens with one attached hydrogen (secondary N) is 1. The first kappa shape index (κ1) is 13.4. The molecule has 1 aliphatic rings. The van der Waals surface area contributed by atoms with E-state index >= 15 is 0 Å². The highest BCUT2D eigenvalue weighted by atomic mass is 19.1. The molecule has 0 amide bonds. The third kappa shape index (κ3) is 3.27. The molecule has 2 rings (SSSR count). The minimum absolute atomic E-state index is 0.189. The molecule has 0 spiro atoms. The SMILES string of the molecule is OC(CNCC1CCCC1)c1c(F)cccc1F. The Kier molecular flexibility index (Phi) is 4.66. The van der Waals surface area contributed by atoms with Gasteiger partial charge in [-0.2, -0.15) is 0 Å². The highest BCUT2D eigenvalue weighted by molar-refractivity contribution is 5.22. The van der Waals surface area contributed by atoms with Crippen LogP contribution in [0.1, 0.15) is 37.4 Å². The summed E-state index contributed by atoms with van der Waals surface area (Å²) >= 11 is 0. The number of aliphatic hydroxyl groups excluding tert-OH is 1. The normalized spacial score (nSPS) is 18.2. The lowest BCUT2D eigenvalue weighted by Crippen LogP contribution is -2.27. The Bertz CT molecular complexity index is 371. The van der Waals surface area contributed by atoms with Gasteiger partial charge in [-0.1, -0.05) is 18.9 Å². The summed E-state index contributed by atoms with van der Waals surface area (Å²) in [6, 6.07) is 3.63. The van der Waals surface area contributed by atoms with Crippen LogP contribution in [0.4, 0.5) is 8.78 Å². The Morgan fingerprint density at radius 2 is 1.83 bits per heavy atom. The van der Waals surface area contributed by atoms with Gasteiger partial charge in [-0.3, -0.25) is 0 Å². The molecule has 100 valence electrons. The summed E-state index contributed by atoms with van der Waals surface area (Å²) in [4.78, 5) is 0. The monoisotopic (exact) mass is 255 g/mol. The van der Waals surface area contributed by atoms with Crippen LogP contribution in [0.2, 0.25) is 0 Å². The fourth-order valence-corrected chi connectivity index (χ4v) is 2.57. The lowest BCUT2D eigenvalue weighted by Gasteiger charge is -2.16. The van der Waals surface area contributed by atoms with Gasteiger partial charge in [0.1, 0.15) is 11.6 Å². The van der Waals surface area contributed by atoms with Crippen LogP contribution in [0.25, 0.3) is 0 Å². The summed E-state index contributed by atoms with van der Waals surface area (Å²) in [7, 11) is 0. The second kappa shape index (κ2) is 6.25. The highest BCUT2D eigenvalue weighted by Gasteiger charge is 2.19. The molecular weight excluding hydrogens is 236 g/mol. The van der Waals surface area contributed by atoms with Crippen molar-refractivity contribution in [2.24, 2.45) is 5.92 Å². The number of benzene rings is 1. The minimum atomic E-state index is -1.13. The average Bonchev–Trinajstić information content (AvgIpc) is 2.82. The molecule has 1 saturated carbocycles. The molecule has 1 atom stereocenters. The van der Waals surface area contributed by atoms with Crippen molar-refractivity contribution in [1.82, 2.24) is 5.32 Å². The van der Waals surface area contributed by atoms with Crippen LogP contribution in [0.15, 0.2) is 18.2 Å². The van der Waals surface area contributed by atoms with Gasteiger partial charge < -0.3 is 10.4 Å². The number of halogens is 2. The van der Waals surface area contributed by atoms with Crippen LogP contribution in [0.3, 0.4) is 0 Å². The molecule has 1 aromatic rings. The van der Waals surface area contributed by atoms with Gasteiger partial charge in [0.15, 0.2) is 0 Å². The largest absolute Gasteiger partial charge is 0.387 e. The second-order valence-corrected chi connectivity index (χ2v) is 4.96. The van der Waals surface area contributed by atoms with Crippen molar-refractivity contribution in [3.63, 3.8) is 0 Å². The third-order valence-corrected chi connectivity index (χ3v) is 3.58. The maximum Gasteiger partial charge on any atom is 0.131 e. The first-order valence-electron chi connectivity index (χ1n) is 6.51. The molecule has 0 aromatic heterocycles. The average molecular weight is 255 g/mol. The molecule has 1 unspecified atom stereocenters. The Hall–Kier alpha value is -1.00. The van der Waals surface area contributed by atoms with Crippen molar-refractivity contribution >= 4 is 0 Å². The molecule has 4 heteroatoms. The van der Waals surface area contributed by atoms with Gasteiger partial charge in [0, 0.05) is 6.54 Å². The fraction of sp³-hybridized carbons (Fsp3) is 0.571. The topological polar surface area (TPSA) is 32.3 Å². The van der Waals surface area contributed by atoms with E-state index in [-0.39, 0.29) is 12.1 Å². The molecule has 1 aromatic carbocycles. The van der Waals surface area contributed by atoms with E-state index in [2.05, 4.69) is 5.32 Å². The van der Waals surface area contributed by atoms with E-state index in [9.17, 15) is 13.9 Å². The lowest BCUT2D eigenvalue weighted by atomic mass is 10.1. The van der Waals surface area contributed by atoms with Crippen molar-refractivity contribution in [1.29, 1.82) is 0 Å². The zero-order chi connectivity index (χ0) is 13.0. The first-order chi connectivity index (χ1) is 8.68. The summed E-state index contributed by atoms with van der Waals surface area (Å²) < 4.78 is 26.8. The van der Waals surface area contributed by atoms with Gasteiger partial charge in [-0.05, 0) is 37.4 Å². The third-order valence-electron chi connectivity index (χ3n) is 3.58. The minimum Gasteiger partial charge on any atom is -0.387 e. The van der Waals surface area contributed by atoms with E-state index in [1.165, 1.54) is 43.9 Å². The summed E-state index contributed by atoms with van der Waals surface area (Å²) in [6.07, 6.45) is 3.80. The lowest BCUT2D eigenvalue weighted by molar-refractivity contribution is 0.163. The molecule has 2 nitrogen and oxygen atoms in total. The van der Waals surface area contributed by atoms with Crippen LogP contribution in [-0.4, -0.2) is 18.2 Å². The van der Waals surface area contributed by atoms with Crippen molar-refractivity contribution < 1.29 is 13.9 Å². The molecule has 2 N–H and O–H groups in total. The van der Waals surface area contributed by atoms with Gasteiger partial charge >= 0.3 is 0 Å². The van der Waals surface area contributed by atoms with Gasteiger partial charge in [0.25, 0.3) is 0 Å². The molecule has 18 heavy (non-hydrogen) atoms. The number of hydrogen-bond donors (Lipinski definition) is 2. The van der Waals surface area contributed by atoms with Crippen LogP contribution in [0.5, 0.6) is 0 Å². The highest BCUT2D eigenvalue weighted by Crippen LogP contribution is 2.24. The number of rotatable bonds is 5. The van der Waals surface area contributed by atoms with E-state index in [1.54, 1.807) is 0 Å². The Morgan fingerprint density at radius 3 is 2.44 bits per heavy atom. The maximum absolute atomic E-state index is 13.4. The Morgan fingerprint density at radius 1 is 1.22 bits per heavy atom. The van der Waals surface area contributed by atoms with Crippen molar-refractivity contribution in [2.45, 2.75) is 31.8 Å². The molecule has 0 bridgehead atoms. The molecular formula is C14H19F2NO. The van der Waals surface area contributed by atoms with Crippen LogP contribution < -0.4 is 5.32 Å². The number of hydrogen-bond acceptors (Lipinski definition) is 2. The Balaban J connectivity index is 1.85. The molecule has 0 radical (unpaired) electrons. The molecule has 0 heterocycles. The van der Waals surface area contributed by atoms with Gasteiger partial charge in [0.2, 0.25) is 0 Å². The van der Waals surface area contributed by atoms with Crippen LogP contribution in [-0.2, 0) is 0 Å². The fourth-order valence-electron chi connectivity index (χ4n) is 2.57. The van der Waals surface area contributed by atoms with Gasteiger partial charge in [-0.15, -0.1) is 0 Å². The first-order valence-corrected chi connectivity index (χ1v) is 6.51. The number of aliphatic hydroxyl groups is 1. The van der Waals surface area contributed by atoms with E-state index in [1.807, 2.05) is 0 Å². The zero-order valence-corrected chi connectivity index (χ0v) is 10.3. The van der Waals surface area contributed by atoms with Crippen molar-refractivity contribution in [3.8, 4) is 0 Å². The predicted molar refractivity (Wildman–Crippen MR) is 66.1 cm³/mol. The van der Waals surface area contributed by atoms with Crippen LogP contribution in [0, 0.1) is 17.6 Å². The molecule has 1 aliphatic carbocycles. The quantitative estimate of drug-likeness (QED) is 0.848. The van der Waals surface area contributed by atoms with Gasteiger partial charge in [-0.25, -0.2) is 8.78 Å². The van der Waals surface area contributed by atoms with E-state index in [0.717, 1.165) is 6.54 Å². The summed E-state index contributed by atoms with van der Waals surface area (Å²) in [5, 5.41) is 12.9. The predicted octanol–water partition coefficient (Wildman–Crippen LogP) is 2.78.